The molecule has 3 rings (SSSR count). The Morgan fingerprint density at radius 2 is 1.63 bits per heavy atom. The van der Waals surface area contributed by atoms with Crippen molar-refractivity contribution in [1.29, 1.82) is 0 Å². The summed E-state index contributed by atoms with van der Waals surface area (Å²) >= 11 is 0. The second-order valence-corrected chi connectivity index (χ2v) is 6.64. The van der Waals surface area contributed by atoms with E-state index in [0.717, 1.165) is 35.3 Å². The molecule has 3 aromatic carbocycles. The molecule has 1 atom stereocenters. The fourth-order valence-corrected chi connectivity index (χ4v) is 2.98. The molecule has 3 N–H and O–H groups in total. The van der Waals surface area contributed by atoms with E-state index < -0.39 is 0 Å². The van der Waals surface area contributed by atoms with Gasteiger partial charge in [0.05, 0.1) is 6.54 Å². The number of halogens is 1. The fourth-order valence-electron chi connectivity index (χ4n) is 2.98. The fraction of sp³-hybridized carbons (Fsp3) is 0.174. The molecule has 0 heterocycles. The molecule has 0 bridgehead atoms. The molecule has 0 radical (unpaired) electrons. The Balaban J connectivity index is 1.67. The summed E-state index contributed by atoms with van der Waals surface area (Å²) in [5.41, 5.74) is 3.96. The number of aryl methyl sites for hydroxylation is 1. The van der Waals surface area contributed by atoms with Gasteiger partial charge in [0, 0.05) is 17.7 Å². The molecule has 0 saturated carbocycles. The minimum Gasteiger partial charge on any atom is -0.332 e. The number of rotatable bonds is 7. The third-order valence-electron chi connectivity index (χ3n) is 4.51. The van der Waals surface area contributed by atoms with E-state index in [0.29, 0.717) is 0 Å². The smallest absolute Gasteiger partial charge is 0.287 e. The van der Waals surface area contributed by atoms with Crippen LogP contribution in [-0.4, -0.2) is 12.5 Å². The highest BCUT2D eigenvalue weighted by molar-refractivity contribution is 5.94. The van der Waals surface area contributed by atoms with Gasteiger partial charge < -0.3 is 10.6 Å². The monoisotopic (exact) mass is 363 g/mol. The third-order valence-corrected chi connectivity index (χ3v) is 4.51. The van der Waals surface area contributed by atoms with Gasteiger partial charge in [0.25, 0.3) is 5.91 Å². The first-order valence-corrected chi connectivity index (χ1v) is 9.12. The van der Waals surface area contributed by atoms with Crippen LogP contribution in [0.1, 0.15) is 22.7 Å². The number of carbonyl (C=O) groups is 1. The van der Waals surface area contributed by atoms with E-state index in [9.17, 15) is 9.18 Å². The Kier molecular flexibility index (Phi) is 6.34. The van der Waals surface area contributed by atoms with Crippen molar-refractivity contribution in [1.82, 2.24) is 0 Å². The average molecular weight is 363 g/mol. The molecule has 1 amide bonds. The zero-order chi connectivity index (χ0) is 19.1. The van der Waals surface area contributed by atoms with Gasteiger partial charge in [-0.1, -0.05) is 60.2 Å². The van der Waals surface area contributed by atoms with E-state index in [4.69, 9.17) is 0 Å². The number of quaternary nitrogens is 1. The molecular weight excluding hydrogens is 339 g/mol. The Bertz CT molecular complexity index is 861. The van der Waals surface area contributed by atoms with Gasteiger partial charge in [0.1, 0.15) is 5.82 Å². The summed E-state index contributed by atoms with van der Waals surface area (Å²) in [4.78, 5) is 12.9. The highest BCUT2D eigenvalue weighted by Crippen LogP contribution is 2.14. The topological polar surface area (TPSA) is 45.7 Å². The van der Waals surface area contributed by atoms with Gasteiger partial charge in [0.2, 0.25) is 0 Å². The highest BCUT2D eigenvalue weighted by atomic mass is 19.1. The minimum atomic E-state index is -0.340. The summed E-state index contributed by atoms with van der Waals surface area (Å²) in [6, 6.07) is 23.7. The molecule has 0 aromatic heterocycles. The van der Waals surface area contributed by atoms with Gasteiger partial charge in [-0.15, -0.1) is 0 Å². The summed E-state index contributed by atoms with van der Waals surface area (Å²) in [5.74, 6) is -0.286. The Morgan fingerprint density at radius 1 is 0.963 bits per heavy atom. The van der Waals surface area contributed by atoms with Crippen molar-refractivity contribution in [3.8, 4) is 0 Å². The number of amides is 1. The normalized spacial score (nSPS) is 11.8. The van der Waals surface area contributed by atoms with Crippen molar-refractivity contribution in [2.45, 2.75) is 19.4 Å². The largest absolute Gasteiger partial charge is 0.332 e. The van der Waals surface area contributed by atoms with E-state index in [1.165, 1.54) is 12.1 Å². The second kappa shape index (κ2) is 9.10. The molecule has 0 aliphatic carbocycles. The second-order valence-electron chi connectivity index (χ2n) is 6.64. The number of hydrogen-bond donors (Lipinski definition) is 2. The molecule has 0 aliphatic rings. The lowest BCUT2D eigenvalue weighted by Gasteiger charge is -2.16. The van der Waals surface area contributed by atoms with Crippen molar-refractivity contribution in [2.75, 3.05) is 11.9 Å². The molecule has 0 fully saturated rings. The van der Waals surface area contributed by atoms with Gasteiger partial charge in [0.15, 0.2) is 6.04 Å². The predicted octanol–water partition coefficient (Wildman–Crippen LogP) is 3.62. The molecule has 3 nitrogen and oxygen atoms in total. The van der Waals surface area contributed by atoms with Crippen LogP contribution in [0, 0.1) is 12.7 Å². The van der Waals surface area contributed by atoms with Crippen LogP contribution in [0.2, 0.25) is 0 Å². The maximum atomic E-state index is 13.0. The summed E-state index contributed by atoms with van der Waals surface area (Å²) in [5, 5.41) is 5.03. The molecule has 3 aromatic rings. The van der Waals surface area contributed by atoms with Crippen LogP contribution in [-0.2, 0) is 11.2 Å². The van der Waals surface area contributed by atoms with Crippen molar-refractivity contribution in [2.24, 2.45) is 0 Å². The van der Waals surface area contributed by atoms with Crippen LogP contribution < -0.4 is 10.6 Å². The van der Waals surface area contributed by atoms with E-state index in [1.807, 2.05) is 66.8 Å². The molecular formula is C23H24FN2O+. The van der Waals surface area contributed by atoms with E-state index >= 15 is 0 Å². The zero-order valence-corrected chi connectivity index (χ0v) is 15.4. The zero-order valence-electron chi connectivity index (χ0n) is 15.4. The molecule has 0 spiro atoms. The van der Waals surface area contributed by atoms with Crippen molar-refractivity contribution < 1.29 is 14.5 Å². The first-order valence-electron chi connectivity index (χ1n) is 9.12. The number of nitrogens with two attached hydrogens (primary N) is 1. The van der Waals surface area contributed by atoms with Gasteiger partial charge in [-0.3, -0.25) is 4.79 Å². The highest BCUT2D eigenvalue weighted by Gasteiger charge is 2.23. The molecule has 4 heteroatoms. The number of anilines is 1. The van der Waals surface area contributed by atoms with Gasteiger partial charge >= 0.3 is 0 Å². The van der Waals surface area contributed by atoms with Crippen LogP contribution >= 0.6 is 0 Å². The summed E-state index contributed by atoms with van der Waals surface area (Å²) in [6.07, 6.45) is 0.765. The number of hydrogen-bond acceptors (Lipinski definition) is 1. The summed E-state index contributed by atoms with van der Waals surface area (Å²) < 4.78 is 13.0. The van der Waals surface area contributed by atoms with E-state index in [1.54, 1.807) is 12.1 Å². The third kappa shape index (κ3) is 5.50. The Labute approximate surface area is 159 Å². The average Bonchev–Trinajstić information content (AvgIpc) is 2.69. The van der Waals surface area contributed by atoms with Crippen LogP contribution in [0.5, 0.6) is 0 Å². The summed E-state index contributed by atoms with van der Waals surface area (Å²) in [6.45, 7) is 2.74. The Morgan fingerprint density at radius 3 is 2.30 bits per heavy atom. The predicted molar refractivity (Wildman–Crippen MR) is 106 cm³/mol. The minimum absolute atomic E-state index is 0.0517. The number of nitrogens with one attached hydrogen (secondary N) is 1. The SMILES string of the molecule is Cc1ccc(NC(=O)[C@H]([NH2+]CCc2ccc(F)cc2)c2ccccc2)cc1. The maximum absolute atomic E-state index is 13.0. The molecule has 0 aliphatic heterocycles. The maximum Gasteiger partial charge on any atom is 0.287 e. The lowest BCUT2D eigenvalue weighted by Crippen LogP contribution is -2.87. The van der Waals surface area contributed by atoms with Crippen molar-refractivity contribution >= 4 is 11.6 Å². The standard InChI is InChI=1S/C23H23FN2O/c1-17-7-13-21(14-8-17)26-23(27)22(19-5-3-2-4-6-19)25-16-15-18-9-11-20(24)12-10-18/h2-14,22,25H,15-16H2,1H3,(H,26,27)/p+1/t22-/m1/s1. The molecule has 27 heavy (non-hydrogen) atoms. The van der Waals surface area contributed by atoms with Crippen LogP contribution in [0.25, 0.3) is 0 Å². The number of benzene rings is 3. The summed E-state index contributed by atoms with van der Waals surface area (Å²) in [7, 11) is 0. The Hall–Kier alpha value is -2.98. The first-order chi connectivity index (χ1) is 13.1. The number of carbonyl (C=O) groups excluding carboxylic acids is 1. The first kappa shape index (κ1) is 18.8. The lowest BCUT2D eigenvalue weighted by atomic mass is 10.1. The van der Waals surface area contributed by atoms with Crippen molar-refractivity contribution in [3.63, 3.8) is 0 Å². The van der Waals surface area contributed by atoms with Crippen LogP contribution in [0.3, 0.4) is 0 Å². The van der Waals surface area contributed by atoms with Crippen molar-refractivity contribution in [3.05, 3.63) is 101 Å². The van der Waals surface area contributed by atoms with Gasteiger partial charge in [-0.25, -0.2) is 4.39 Å². The molecule has 138 valence electrons. The molecule has 0 saturated heterocycles. The van der Waals surface area contributed by atoms with Crippen LogP contribution in [0.4, 0.5) is 10.1 Å². The van der Waals surface area contributed by atoms with Gasteiger partial charge in [-0.05, 0) is 36.8 Å². The quantitative estimate of drug-likeness (QED) is 0.662. The van der Waals surface area contributed by atoms with E-state index in [-0.39, 0.29) is 17.8 Å². The lowest BCUT2D eigenvalue weighted by molar-refractivity contribution is -0.682. The molecule has 0 unspecified atom stereocenters. The van der Waals surface area contributed by atoms with Gasteiger partial charge in [-0.2, -0.15) is 0 Å². The van der Waals surface area contributed by atoms with Crippen LogP contribution in [0.15, 0.2) is 78.9 Å². The van der Waals surface area contributed by atoms with E-state index in [2.05, 4.69) is 5.32 Å².